The van der Waals surface area contributed by atoms with Crippen molar-refractivity contribution in [3.63, 3.8) is 0 Å². The van der Waals surface area contributed by atoms with Gasteiger partial charge in [-0.05, 0) is 30.0 Å². The second-order valence-electron chi connectivity index (χ2n) is 4.69. The maximum atomic E-state index is 5.76. The van der Waals surface area contributed by atoms with Crippen molar-refractivity contribution < 1.29 is 4.74 Å². The number of nitrogens with zero attached hydrogens (tertiary/aromatic N) is 2. The Balaban J connectivity index is 1.97. The van der Waals surface area contributed by atoms with E-state index in [0.29, 0.717) is 13.2 Å². The lowest BCUT2D eigenvalue weighted by Gasteiger charge is -2.08. The van der Waals surface area contributed by atoms with Crippen LogP contribution in [0.3, 0.4) is 0 Å². The molecule has 2 aromatic rings. The quantitative estimate of drug-likeness (QED) is 0.867. The summed E-state index contributed by atoms with van der Waals surface area (Å²) in [5, 5.41) is 4.24. The van der Waals surface area contributed by atoms with E-state index in [2.05, 4.69) is 31.1 Å². The summed E-state index contributed by atoms with van der Waals surface area (Å²) in [5.74, 6) is 0.816. The number of ether oxygens (including phenoxy) is 1. The standard InChI is InChI=1S/C15H21N3O/c1-3-6-18-10-15(9-17-18)19-11-14-5-4-13(8-16)7-12(14)2/h4-5,7,9-10H,3,6,8,11,16H2,1-2H3. The van der Waals surface area contributed by atoms with Crippen molar-refractivity contribution in [3.05, 3.63) is 47.3 Å². The highest BCUT2D eigenvalue weighted by molar-refractivity contribution is 5.31. The second kappa shape index (κ2) is 6.38. The molecule has 0 aliphatic rings. The van der Waals surface area contributed by atoms with Gasteiger partial charge in [-0.15, -0.1) is 0 Å². The van der Waals surface area contributed by atoms with Gasteiger partial charge < -0.3 is 10.5 Å². The molecule has 0 radical (unpaired) electrons. The van der Waals surface area contributed by atoms with Crippen molar-refractivity contribution in [2.45, 2.75) is 40.0 Å². The molecule has 19 heavy (non-hydrogen) atoms. The highest BCUT2D eigenvalue weighted by Crippen LogP contribution is 2.15. The summed E-state index contributed by atoms with van der Waals surface area (Å²) in [5.41, 5.74) is 9.17. The molecule has 1 aromatic heterocycles. The molecule has 102 valence electrons. The molecule has 0 aliphatic carbocycles. The fourth-order valence-corrected chi connectivity index (χ4v) is 1.98. The Morgan fingerprint density at radius 1 is 1.37 bits per heavy atom. The van der Waals surface area contributed by atoms with Crippen molar-refractivity contribution >= 4 is 0 Å². The smallest absolute Gasteiger partial charge is 0.157 e. The third-order valence-corrected chi connectivity index (χ3v) is 3.10. The number of hydrogen-bond donors (Lipinski definition) is 1. The van der Waals surface area contributed by atoms with E-state index in [-0.39, 0.29) is 0 Å². The minimum atomic E-state index is 0.564. The van der Waals surface area contributed by atoms with E-state index in [4.69, 9.17) is 10.5 Å². The van der Waals surface area contributed by atoms with Crippen molar-refractivity contribution in [1.29, 1.82) is 0 Å². The molecule has 0 saturated carbocycles. The first-order valence-electron chi connectivity index (χ1n) is 6.66. The highest BCUT2D eigenvalue weighted by Gasteiger charge is 2.03. The van der Waals surface area contributed by atoms with E-state index in [0.717, 1.165) is 24.3 Å². The van der Waals surface area contributed by atoms with Crippen LogP contribution in [0.4, 0.5) is 0 Å². The van der Waals surface area contributed by atoms with Crippen molar-refractivity contribution in [3.8, 4) is 5.75 Å². The molecule has 2 N–H and O–H groups in total. The van der Waals surface area contributed by atoms with Gasteiger partial charge >= 0.3 is 0 Å². The van der Waals surface area contributed by atoms with Gasteiger partial charge in [-0.2, -0.15) is 5.10 Å². The minimum absolute atomic E-state index is 0.564. The number of aromatic nitrogens is 2. The van der Waals surface area contributed by atoms with Gasteiger partial charge in [0.15, 0.2) is 5.75 Å². The largest absolute Gasteiger partial charge is 0.486 e. The Hall–Kier alpha value is -1.81. The monoisotopic (exact) mass is 259 g/mol. The van der Waals surface area contributed by atoms with Gasteiger partial charge in [-0.1, -0.05) is 25.1 Å². The molecule has 0 aliphatic heterocycles. The fourth-order valence-electron chi connectivity index (χ4n) is 1.98. The molecular weight excluding hydrogens is 238 g/mol. The van der Waals surface area contributed by atoms with Gasteiger partial charge in [0.2, 0.25) is 0 Å². The number of aryl methyl sites for hydroxylation is 2. The van der Waals surface area contributed by atoms with Crippen LogP contribution in [0.15, 0.2) is 30.6 Å². The predicted molar refractivity (Wildman–Crippen MR) is 75.9 cm³/mol. The van der Waals surface area contributed by atoms with Crippen LogP contribution in [0.2, 0.25) is 0 Å². The second-order valence-corrected chi connectivity index (χ2v) is 4.69. The molecule has 2 rings (SSSR count). The zero-order chi connectivity index (χ0) is 13.7. The van der Waals surface area contributed by atoms with Crippen molar-refractivity contribution in [2.24, 2.45) is 5.73 Å². The molecule has 4 nitrogen and oxygen atoms in total. The van der Waals surface area contributed by atoms with Gasteiger partial charge in [0, 0.05) is 13.1 Å². The molecule has 0 atom stereocenters. The minimum Gasteiger partial charge on any atom is -0.486 e. The Kier molecular flexibility index (Phi) is 4.58. The summed E-state index contributed by atoms with van der Waals surface area (Å²) in [6.07, 6.45) is 4.77. The Bertz CT molecular complexity index is 534. The normalized spacial score (nSPS) is 10.7. The van der Waals surface area contributed by atoms with Crippen LogP contribution in [0.5, 0.6) is 5.75 Å². The van der Waals surface area contributed by atoms with Crippen LogP contribution in [0.25, 0.3) is 0 Å². The third-order valence-electron chi connectivity index (χ3n) is 3.10. The summed E-state index contributed by atoms with van der Waals surface area (Å²) >= 11 is 0. The fraction of sp³-hybridized carbons (Fsp3) is 0.400. The van der Waals surface area contributed by atoms with E-state index in [1.165, 1.54) is 11.1 Å². The lowest BCUT2D eigenvalue weighted by molar-refractivity contribution is 0.305. The SMILES string of the molecule is CCCn1cc(OCc2ccc(CN)cc2C)cn1. The maximum Gasteiger partial charge on any atom is 0.157 e. The lowest BCUT2D eigenvalue weighted by atomic mass is 10.1. The Morgan fingerprint density at radius 3 is 2.89 bits per heavy atom. The maximum absolute atomic E-state index is 5.76. The third kappa shape index (κ3) is 3.58. The molecule has 4 heteroatoms. The number of benzene rings is 1. The van der Waals surface area contributed by atoms with E-state index in [9.17, 15) is 0 Å². The lowest BCUT2D eigenvalue weighted by Crippen LogP contribution is -2.01. The van der Waals surface area contributed by atoms with E-state index >= 15 is 0 Å². The molecular formula is C15H21N3O. The van der Waals surface area contributed by atoms with Crippen LogP contribution in [0, 0.1) is 6.92 Å². The summed E-state index contributed by atoms with van der Waals surface area (Å²) in [6, 6.07) is 6.24. The van der Waals surface area contributed by atoms with E-state index < -0.39 is 0 Å². The summed E-state index contributed by atoms with van der Waals surface area (Å²) in [6.45, 7) is 6.27. The molecule has 0 bridgehead atoms. The zero-order valence-electron chi connectivity index (χ0n) is 11.6. The summed E-state index contributed by atoms with van der Waals surface area (Å²) < 4.78 is 7.66. The first-order valence-corrected chi connectivity index (χ1v) is 6.66. The van der Waals surface area contributed by atoms with Gasteiger partial charge in [-0.3, -0.25) is 4.68 Å². The van der Waals surface area contributed by atoms with Crippen molar-refractivity contribution in [1.82, 2.24) is 9.78 Å². The van der Waals surface area contributed by atoms with Crippen LogP contribution in [0.1, 0.15) is 30.0 Å². The molecule has 0 amide bonds. The molecule has 1 aromatic carbocycles. The average molecular weight is 259 g/mol. The first-order chi connectivity index (χ1) is 9.22. The summed E-state index contributed by atoms with van der Waals surface area (Å²) in [4.78, 5) is 0. The van der Waals surface area contributed by atoms with Crippen molar-refractivity contribution in [2.75, 3.05) is 0 Å². The average Bonchev–Trinajstić information content (AvgIpc) is 2.85. The number of hydrogen-bond acceptors (Lipinski definition) is 3. The predicted octanol–water partition coefficient (Wildman–Crippen LogP) is 2.64. The zero-order valence-corrected chi connectivity index (χ0v) is 11.6. The topological polar surface area (TPSA) is 53.1 Å². The van der Waals surface area contributed by atoms with Gasteiger partial charge in [0.1, 0.15) is 6.61 Å². The van der Waals surface area contributed by atoms with Crippen LogP contribution in [-0.4, -0.2) is 9.78 Å². The van der Waals surface area contributed by atoms with Crippen LogP contribution >= 0.6 is 0 Å². The van der Waals surface area contributed by atoms with E-state index in [1.807, 2.05) is 16.9 Å². The van der Waals surface area contributed by atoms with Gasteiger partial charge in [-0.25, -0.2) is 0 Å². The molecule has 0 saturated heterocycles. The molecule has 0 unspecified atom stereocenters. The number of rotatable bonds is 6. The van der Waals surface area contributed by atoms with E-state index in [1.54, 1.807) is 6.20 Å². The summed E-state index contributed by atoms with van der Waals surface area (Å²) in [7, 11) is 0. The molecule has 1 heterocycles. The van der Waals surface area contributed by atoms with Crippen LogP contribution < -0.4 is 10.5 Å². The number of nitrogens with two attached hydrogens (primary N) is 1. The van der Waals surface area contributed by atoms with Crippen LogP contribution in [-0.2, 0) is 19.7 Å². The van der Waals surface area contributed by atoms with Gasteiger partial charge in [0.25, 0.3) is 0 Å². The van der Waals surface area contributed by atoms with Gasteiger partial charge in [0.05, 0.1) is 12.4 Å². The Labute approximate surface area is 114 Å². The molecule has 0 fully saturated rings. The molecule has 0 spiro atoms. The Morgan fingerprint density at radius 2 is 2.21 bits per heavy atom. The first kappa shape index (κ1) is 13.6. The highest BCUT2D eigenvalue weighted by atomic mass is 16.5.